The third kappa shape index (κ3) is 2.32. The molecule has 3 rings (SSSR count). The number of nitrogens with one attached hydrogen (secondary N) is 1. The number of hydrogen-bond acceptors (Lipinski definition) is 2. The van der Waals surface area contributed by atoms with E-state index in [1.165, 1.54) is 43.2 Å². The maximum absolute atomic E-state index is 9.59. The summed E-state index contributed by atoms with van der Waals surface area (Å²) in [6, 6.07) is 6.89. The van der Waals surface area contributed by atoms with Crippen LogP contribution < -0.4 is 5.32 Å². The molecule has 18 heavy (non-hydrogen) atoms. The van der Waals surface area contributed by atoms with Crippen molar-refractivity contribution in [2.75, 3.05) is 6.61 Å². The van der Waals surface area contributed by atoms with Crippen LogP contribution in [0.4, 0.5) is 0 Å². The van der Waals surface area contributed by atoms with Crippen molar-refractivity contribution in [3.8, 4) is 0 Å². The molecule has 1 aromatic rings. The van der Waals surface area contributed by atoms with Gasteiger partial charge >= 0.3 is 0 Å². The Bertz CT molecular complexity index is 421. The molecule has 0 amide bonds. The molecule has 2 nitrogen and oxygen atoms in total. The van der Waals surface area contributed by atoms with Crippen LogP contribution in [-0.4, -0.2) is 17.3 Å². The third-order valence-electron chi connectivity index (χ3n) is 4.69. The number of benzene rings is 1. The molecule has 98 valence electrons. The van der Waals surface area contributed by atoms with Crippen molar-refractivity contribution in [1.82, 2.24) is 5.32 Å². The van der Waals surface area contributed by atoms with Gasteiger partial charge in [0.15, 0.2) is 0 Å². The van der Waals surface area contributed by atoms with Crippen molar-refractivity contribution in [2.24, 2.45) is 0 Å². The molecule has 0 heterocycles. The molecule has 2 aliphatic carbocycles. The second kappa shape index (κ2) is 5.02. The number of aliphatic hydroxyl groups excluding tert-OH is 1. The number of aryl methyl sites for hydroxylation is 2. The fourth-order valence-corrected chi connectivity index (χ4v) is 3.47. The van der Waals surface area contributed by atoms with E-state index >= 15 is 0 Å². The first-order chi connectivity index (χ1) is 8.81. The minimum absolute atomic E-state index is 0.000978. The van der Waals surface area contributed by atoms with Crippen LogP contribution in [0.15, 0.2) is 18.2 Å². The van der Waals surface area contributed by atoms with Gasteiger partial charge in [0.2, 0.25) is 0 Å². The van der Waals surface area contributed by atoms with Crippen LogP contribution in [-0.2, 0) is 19.4 Å². The lowest BCUT2D eigenvalue weighted by atomic mass is 9.98. The van der Waals surface area contributed by atoms with Crippen LogP contribution >= 0.6 is 0 Å². The predicted octanol–water partition coefficient (Wildman–Crippen LogP) is 2.57. The summed E-state index contributed by atoms with van der Waals surface area (Å²) in [5.74, 6) is 0. The minimum Gasteiger partial charge on any atom is -0.394 e. The van der Waals surface area contributed by atoms with E-state index in [1.807, 2.05) is 0 Å². The molecule has 1 aromatic carbocycles. The topological polar surface area (TPSA) is 32.3 Å². The van der Waals surface area contributed by atoms with Crippen LogP contribution in [0, 0.1) is 0 Å². The first kappa shape index (κ1) is 12.2. The van der Waals surface area contributed by atoms with Gasteiger partial charge in [-0.3, -0.25) is 0 Å². The van der Waals surface area contributed by atoms with Crippen LogP contribution in [0.25, 0.3) is 0 Å². The fraction of sp³-hybridized carbons (Fsp3) is 0.625. The molecule has 0 radical (unpaired) electrons. The van der Waals surface area contributed by atoms with Crippen molar-refractivity contribution in [3.63, 3.8) is 0 Å². The molecule has 1 fully saturated rings. The van der Waals surface area contributed by atoms with E-state index < -0.39 is 0 Å². The highest BCUT2D eigenvalue weighted by Gasteiger charge is 2.32. The van der Waals surface area contributed by atoms with Crippen molar-refractivity contribution in [2.45, 2.75) is 57.0 Å². The normalized spacial score (nSPS) is 21.2. The minimum atomic E-state index is -0.000978. The van der Waals surface area contributed by atoms with E-state index in [4.69, 9.17) is 0 Å². The Morgan fingerprint density at radius 2 is 1.83 bits per heavy atom. The fourth-order valence-electron chi connectivity index (χ4n) is 3.47. The van der Waals surface area contributed by atoms with E-state index in [1.54, 1.807) is 5.56 Å². The van der Waals surface area contributed by atoms with Gasteiger partial charge in [-0.1, -0.05) is 31.0 Å². The van der Waals surface area contributed by atoms with Crippen molar-refractivity contribution < 1.29 is 5.11 Å². The average molecular weight is 245 g/mol. The zero-order valence-electron chi connectivity index (χ0n) is 11.0. The smallest absolute Gasteiger partial charge is 0.0613 e. The molecule has 0 aliphatic heterocycles. The van der Waals surface area contributed by atoms with Crippen molar-refractivity contribution in [1.29, 1.82) is 0 Å². The molecule has 0 atom stereocenters. The largest absolute Gasteiger partial charge is 0.394 e. The Morgan fingerprint density at radius 1 is 1.06 bits per heavy atom. The lowest BCUT2D eigenvalue weighted by molar-refractivity contribution is 0.163. The second-order valence-corrected chi connectivity index (χ2v) is 5.96. The van der Waals surface area contributed by atoms with E-state index in [0.717, 1.165) is 19.4 Å². The lowest BCUT2D eigenvalue weighted by Crippen LogP contribution is -2.45. The molecular formula is C16H23NO. The SMILES string of the molecule is OCC1(NCc2ccc3c(c2)CCC3)CCCC1. The van der Waals surface area contributed by atoms with Gasteiger partial charge in [0.1, 0.15) is 0 Å². The van der Waals surface area contributed by atoms with Gasteiger partial charge in [-0.05, 0) is 48.8 Å². The Hall–Kier alpha value is -0.860. The average Bonchev–Trinajstić information content (AvgIpc) is 3.05. The Kier molecular flexibility index (Phi) is 3.40. The van der Waals surface area contributed by atoms with Gasteiger partial charge < -0.3 is 10.4 Å². The first-order valence-corrected chi connectivity index (χ1v) is 7.28. The van der Waals surface area contributed by atoms with Gasteiger partial charge in [0.25, 0.3) is 0 Å². The monoisotopic (exact) mass is 245 g/mol. The molecule has 0 bridgehead atoms. The van der Waals surface area contributed by atoms with Gasteiger partial charge in [0.05, 0.1) is 6.61 Å². The molecule has 2 aliphatic rings. The summed E-state index contributed by atoms with van der Waals surface area (Å²) in [5.41, 5.74) is 4.45. The summed E-state index contributed by atoms with van der Waals surface area (Å²) < 4.78 is 0. The Balaban J connectivity index is 1.66. The summed E-state index contributed by atoms with van der Waals surface area (Å²) in [4.78, 5) is 0. The highest BCUT2D eigenvalue weighted by molar-refractivity contribution is 5.35. The van der Waals surface area contributed by atoms with Crippen molar-refractivity contribution in [3.05, 3.63) is 34.9 Å². The molecule has 0 aromatic heterocycles. The Labute approximate surface area is 109 Å². The highest BCUT2D eigenvalue weighted by Crippen LogP contribution is 2.30. The van der Waals surface area contributed by atoms with E-state index in [0.29, 0.717) is 0 Å². The number of fused-ring (bicyclic) bond motifs is 1. The van der Waals surface area contributed by atoms with Crippen LogP contribution in [0.5, 0.6) is 0 Å². The molecule has 2 N–H and O–H groups in total. The van der Waals surface area contributed by atoms with Crippen LogP contribution in [0.3, 0.4) is 0 Å². The summed E-state index contributed by atoms with van der Waals surface area (Å²) in [6.07, 6.45) is 8.54. The molecular weight excluding hydrogens is 222 g/mol. The third-order valence-corrected chi connectivity index (χ3v) is 4.69. The summed E-state index contributed by atoms with van der Waals surface area (Å²) in [7, 11) is 0. The van der Waals surface area contributed by atoms with Gasteiger partial charge in [0, 0.05) is 12.1 Å². The zero-order chi connectivity index (χ0) is 12.4. The summed E-state index contributed by atoms with van der Waals surface area (Å²) in [6.45, 7) is 1.17. The number of hydrogen-bond donors (Lipinski definition) is 2. The maximum Gasteiger partial charge on any atom is 0.0613 e. The quantitative estimate of drug-likeness (QED) is 0.854. The summed E-state index contributed by atoms with van der Waals surface area (Å²) >= 11 is 0. The predicted molar refractivity (Wildman–Crippen MR) is 73.6 cm³/mol. The zero-order valence-corrected chi connectivity index (χ0v) is 11.0. The number of aliphatic hydroxyl groups is 1. The Morgan fingerprint density at radius 3 is 2.61 bits per heavy atom. The number of rotatable bonds is 4. The highest BCUT2D eigenvalue weighted by atomic mass is 16.3. The van der Waals surface area contributed by atoms with Crippen LogP contribution in [0.1, 0.15) is 48.8 Å². The van der Waals surface area contributed by atoms with Gasteiger partial charge in [-0.25, -0.2) is 0 Å². The van der Waals surface area contributed by atoms with Gasteiger partial charge in [-0.2, -0.15) is 0 Å². The van der Waals surface area contributed by atoms with Crippen LogP contribution in [0.2, 0.25) is 0 Å². The standard InChI is InChI=1S/C16H23NO/c18-12-16(8-1-2-9-16)17-11-13-6-7-14-4-3-5-15(14)10-13/h6-7,10,17-18H,1-5,8-9,11-12H2. The van der Waals surface area contributed by atoms with Gasteiger partial charge in [-0.15, -0.1) is 0 Å². The maximum atomic E-state index is 9.59. The van der Waals surface area contributed by atoms with Crippen molar-refractivity contribution >= 4 is 0 Å². The lowest BCUT2D eigenvalue weighted by Gasteiger charge is -2.28. The van der Waals surface area contributed by atoms with E-state index in [2.05, 4.69) is 23.5 Å². The van der Waals surface area contributed by atoms with E-state index in [9.17, 15) is 5.11 Å². The second-order valence-electron chi connectivity index (χ2n) is 5.96. The summed E-state index contributed by atoms with van der Waals surface area (Å²) in [5, 5.41) is 13.2. The molecule has 2 heteroatoms. The first-order valence-electron chi connectivity index (χ1n) is 7.28. The molecule has 0 saturated heterocycles. The molecule has 1 saturated carbocycles. The molecule has 0 unspecified atom stereocenters. The van der Waals surface area contributed by atoms with E-state index in [-0.39, 0.29) is 12.1 Å². The molecule has 0 spiro atoms.